The van der Waals surface area contributed by atoms with Crippen LogP contribution in [0.2, 0.25) is 0 Å². The van der Waals surface area contributed by atoms with Gasteiger partial charge in [-0.2, -0.15) is 0 Å². The summed E-state index contributed by atoms with van der Waals surface area (Å²) in [7, 11) is 1.66. The molecule has 0 atom stereocenters. The van der Waals surface area contributed by atoms with E-state index < -0.39 is 5.60 Å². The Morgan fingerprint density at radius 1 is 1.33 bits per heavy atom. The van der Waals surface area contributed by atoms with E-state index in [2.05, 4.69) is 0 Å². The van der Waals surface area contributed by atoms with Crippen LogP contribution in [0.5, 0.6) is 0 Å². The lowest BCUT2D eigenvalue weighted by Crippen LogP contribution is -2.37. The monoisotopic (exact) mass is 217 g/mol. The third-order valence-electron chi connectivity index (χ3n) is 1.81. The van der Waals surface area contributed by atoms with Crippen LogP contribution in [0.4, 0.5) is 4.79 Å². The van der Waals surface area contributed by atoms with Crippen LogP contribution in [-0.4, -0.2) is 43.4 Å². The number of nitrogens with zero attached hydrogens (tertiary/aromatic N) is 1. The fourth-order valence-electron chi connectivity index (χ4n) is 1.10. The Morgan fingerprint density at radius 2 is 1.93 bits per heavy atom. The van der Waals surface area contributed by atoms with Crippen LogP contribution in [0.1, 0.15) is 34.1 Å². The van der Waals surface area contributed by atoms with Crippen molar-refractivity contribution in [3.05, 3.63) is 0 Å². The molecule has 4 nitrogen and oxygen atoms in total. The zero-order valence-corrected chi connectivity index (χ0v) is 10.5. The van der Waals surface area contributed by atoms with Crippen molar-refractivity contribution in [2.45, 2.75) is 39.7 Å². The Kier molecular flexibility index (Phi) is 6.32. The van der Waals surface area contributed by atoms with E-state index in [4.69, 9.17) is 9.47 Å². The van der Waals surface area contributed by atoms with E-state index in [0.29, 0.717) is 19.7 Å². The maximum atomic E-state index is 11.6. The lowest BCUT2D eigenvalue weighted by molar-refractivity contribution is 0.0246. The number of carbonyl (C=O) groups excluding carboxylic acids is 1. The van der Waals surface area contributed by atoms with Gasteiger partial charge in [0, 0.05) is 26.8 Å². The summed E-state index contributed by atoms with van der Waals surface area (Å²) in [5.41, 5.74) is -0.425. The Labute approximate surface area is 92.5 Å². The van der Waals surface area contributed by atoms with Crippen LogP contribution in [0.15, 0.2) is 0 Å². The van der Waals surface area contributed by atoms with Crippen molar-refractivity contribution >= 4 is 6.09 Å². The molecule has 0 saturated heterocycles. The van der Waals surface area contributed by atoms with E-state index in [9.17, 15) is 4.79 Å². The summed E-state index contributed by atoms with van der Waals surface area (Å²) in [5, 5.41) is 0. The summed E-state index contributed by atoms with van der Waals surface area (Å²) in [5.74, 6) is 0. The molecule has 0 aromatic heterocycles. The number of methoxy groups -OCH3 is 1. The third kappa shape index (κ3) is 7.19. The molecule has 1 amide bonds. The summed E-state index contributed by atoms with van der Waals surface area (Å²) in [6, 6.07) is 0. The first kappa shape index (κ1) is 14.2. The van der Waals surface area contributed by atoms with Gasteiger partial charge in [-0.1, -0.05) is 0 Å². The van der Waals surface area contributed by atoms with Gasteiger partial charge in [-0.3, -0.25) is 0 Å². The quantitative estimate of drug-likeness (QED) is 0.663. The van der Waals surface area contributed by atoms with Crippen molar-refractivity contribution in [2.75, 3.05) is 26.8 Å². The van der Waals surface area contributed by atoms with E-state index in [0.717, 1.165) is 6.42 Å². The van der Waals surface area contributed by atoms with Gasteiger partial charge in [0.25, 0.3) is 0 Å². The van der Waals surface area contributed by atoms with Crippen molar-refractivity contribution in [3.8, 4) is 0 Å². The Bertz CT molecular complexity index is 187. The van der Waals surface area contributed by atoms with Crippen LogP contribution < -0.4 is 0 Å². The molecule has 90 valence electrons. The van der Waals surface area contributed by atoms with Crippen LogP contribution >= 0.6 is 0 Å². The molecule has 0 aromatic carbocycles. The molecule has 0 bridgehead atoms. The lowest BCUT2D eigenvalue weighted by Gasteiger charge is -2.26. The number of ether oxygens (including phenoxy) is 2. The molecule has 0 unspecified atom stereocenters. The average Bonchev–Trinajstić information content (AvgIpc) is 2.09. The van der Waals surface area contributed by atoms with Crippen molar-refractivity contribution in [2.24, 2.45) is 0 Å². The van der Waals surface area contributed by atoms with Crippen LogP contribution in [0, 0.1) is 0 Å². The maximum absolute atomic E-state index is 11.6. The number of hydrogen-bond acceptors (Lipinski definition) is 3. The Balaban J connectivity index is 3.99. The smallest absolute Gasteiger partial charge is 0.410 e. The topological polar surface area (TPSA) is 38.8 Å². The van der Waals surface area contributed by atoms with Gasteiger partial charge in [0.05, 0.1) is 0 Å². The second kappa shape index (κ2) is 6.67. The van der Waals surface area contributed by atoms with Crippen LogP contribution in [0.25, 0.3) is 0 Å². The molecule has 0 aliphatic rings. The van der Waals surface area contributed by atoms with Gasteiger partial charge in [-0.05, 0) is 34.1 Å². The number of amides is 1. The van der Waals surface area contributed by atoms with E-state index in [1.807, 2.05) is 27.7 Å². The molecule has 0 rings (SSSR count). The van der Waals surface area contributed by atoms with Gasteiger partial charge in [-0.15, -0.1) is 0 Å². The molecule has 4 heteroatoms. The molecule has 0 heterocycles. The van der Waals surface area contributed by atoms with Gasteiger partial charge in [0.2, 0.25) is 0 Å². The van der Waals surface area contributed by atoms with Gasteiger partial charge in [0.15, 0.2) is 0 Å². The SMILES string of the molecule is CCN(CCCOC)C(=O)OC(C)(C)C. The maximum Gasteiger partial charge on any atom is 0.410 e. The van der Waals surface area contributed by atoms with Crippen LogP contribution in [-0.2, 0) is 9.47 Å². The predicted molar refractivity (Wildman–Crippen MR) is 60.0 cm³/mol. The van der Waals surface area contributed by atoms with Gasteiger partial charge >= 0.3 is 6.09 Å². The zero-order valence-electron chi connectivity index (χ0n) is 10.5. The lowest BCUT2D eigenvalue weighted by atomic mass is 10.2. The highest BCUT2D eigenvalue weighted by Crippen LogP contribution is 2.09. The summed E-state index contributed by atoms with van der Waals surface area (Å²) >= 11 is 0. The minimum absolute atomic E-state index is 0.249. The first-order valence-electron chi connectivity index (χ1n) is 5.37. The molecule has 0 aliphatic heterocycles. The van der Waals surface area contributed by atoms with E-state index in [1.54, 1.807) is 12.0 Å². The first-order valence-corrected chi connectivity index (χ1v) is 5.37. The molecule has 15 heavy (non-hydrogen) atoms. The number of rotatable bonds is 5. The summed E-state index contributed by atoms with van der Waals surface area (Å²) < 4.78 is 10.2. The second-order valence-corrected chi connectivity index (χ2v) is 4.41. The second-order valence-electron chi connectivity index (χ2n) is 4.41. The fraction of sp³-hybridized carbons (Fsp3) is 0.909. The molecule has 0 saturated carbocycles. The summed E-state index contributed by atoms with van der Waals surface area (Å²) in [4.78, 5) is 13.3. The molecule has 0 spiro atoms. The Morgan fingerprint density at radius 3 is 2.33 bits per heavy atom. The normalized spacial score (nSPS) is 11.3. The standard InChI is InChI=1S/C11H23NO3/c1-6-12(8-7-9-14-5)10(13)15-11(2,3)4/h6-9H2,1-5H3. The Hall–Kier alpha value is -0.770. The van der Waals surface area contributed by atoms with Gasteiger partial charge < -0.3 is 14.4 Å². The molecular weight excluding hydrogens is 194 g/mol. The van der Waals surface area contributed by atoms with Crippen molar-refractivity contribution in [3.63, 3.8) is 0 Å². The van der Waals surface area contributed by atoms with Crippen molar-refractivity contribution in [1.29, 1.82) is 0 Å². The van der Waals surface area contributed by atoms with Crippen molar-refractivity contribution in [1.82, 2.24) is 4.90 Å². The predicted octanol–water partition coefficient (Wildman–Crippen LogP) is 2.28. The number of hydrogen-bond donors (Lipinski definition) is 0. The van der Waals surface area contributed by atoms with Crippen molar-refractivity contribution < 1.29 is 14.3 Å². The molecule has 0 aliphatic carbocycles. The number of carbonyl (C=O) groups is 1. The largest absolute Gasteiger partial charge is 0.444 e. The van der Waals surface area contributed by atoms with E-state index in [-0.39, 0.29) is 6.09 Å². The van der Waals surface area contributed by atoms with Gasteiger partial charge in [-0.25, -0.2) is 4.79 Å². The fourth-order valence-corrected chi connectivity index (χ4v) is 1.10. The zero-order chi connectivity index (χ0) is 11.9. The average molecular weight is 217 g/mol. The highest BCUT2D eigenvalue weighted by atomic mass is 16.6. The van der Waals surface area contributed by atoms with E-state index in [1.165, 1.54) is 0 Å². The van der Waals surface area contributed by atoms with Crippen LogP contribution in [0.3, 0.4) is 0 Å². The highest BCUT2D eigenvalue weighted by Gasteiger charge is 2.20. The van der Waals surface area contributed by atoms with E-state index >= 15 is 0 Å². The minimum atomic E-state index is -0.425. The summed E-state index contributed by atoms with van der Waals surface area (Å²) in [6.45, 7) is 9.56. The molecule has 0 aromatic rings. The highest BCUT2D eigenvalue weighted by molar-refractivity contribution is 5.68. The first-order chi connectivity index (χ1) is 6.90. The minimum Gasteiger partial charge on any atom is -0.444 e. The molecule has 0 radical (unpaired) electrons. The molecular formula is C11H23NO3. The summed E-state index contributed by atoms with van der Waals surface area (Å²) in [6.07, 6.45) is 0.588. The molecule has 0 fully saturated rings. The van der Waals surface area contributed by atoms with Gasteiger partial charge in [0.1, 0.15) is 5.60 Å². The third-order valence-corrected chi connectivity index (χ3v) is 1.81. The molecule has 0 N–H and O–H groups in total.